The smallest absolute Gasteiger partial charge is 0.342 e. The van der Waals surface area contributed by atoms with Crippen LogP contribution >= 0.6 is 0 Å². The molecule has 0 saturated carbocycles. The van der Waals surface area contributed by atoms with Crippen molar-refractivity contribution in [1.29, 1.82) is 0 Å². The number of hydrogen-bond acceptors (Lipinski definition) is 6. The first-order chi connectivity index (χ1) is 11.5. The summed E-state index contributed by atoms with van der Waals surface area (Å²) in [6.07, 6.45) is 1.55. The minimum atomic E-state index is -2.39. The van der Waals surface area contributed by atoms with Gasteiger partial charge >= 0.3 is 26.4 Å². The predicted octanol–water partition coefficient (Wildman–Crippen LogP) is 6.44. The molecule has 6 nitrogen and oxygen atoms in total. The third-order valence-corrected chi connectivity index (χ3v) is 18.6. The Morgan fingerprint density at radius 1 is 0.581 bits per heavy atom. The van der Waals surface area contributed by atoms with Gasteiger partial charge in [-0.25, -0.2) is 0 Å². The highest BCUT2D eigenvalue weighted by molar-refractivity contribution is 6.82. The standard InChI is InChI=1S/C14H40O6Si5.6CH4/c1-10-11-15-12-13-16-14-25(9,18-22(4)5)20-23(6)19-24(7,8)17-21(2)3;;;;;;/h21-23H,10-14H2,1-9H3;6*1H4. The van der Waals surface area contributed by atoms with Gasteiger partial charge in [0.05, 0.1) is 19.4 Å². The Morgan fingerprint density at radius 3 is 1.45 bits per heavy atom. The average molecular weight is 541 g/mol. The van der Waals surface area contributed by atoms with Crippen LogP contribution in [0.3, 0.4) is 0 Å². The van der Waals surface area contributed by atoms with E-state index in [2.05, 4.69) is 59.3 Å². The van der Waals surface area contributed by atoms with Crippen LogP contribution in [0.2, 0.25) is 52.4 Å². The zero-order valence-corrected chi connectivity index (χ0v) is 23.2. The van der Waals surface area contributed by atoms with E-state index in [9.17, 15) is 0 Å². The van der Waals surface area contributed by atoms with Crippen LogP contribution in [0.5, 0.6) is 0 Å². The molecule has 0 aliphatic heterocycles. The molecule has 0 radical (unpaired) electrons. The molecule has 0 fully saturated rings. The Balaban J connectivity index is -0.000000192. The predicted molar refractivity (Wildman–Crippen MR) is 157 cm³/mol. The van der Waals surface area contributed by atoms with Crippen LogP contribution < -0.4 is 0 Å². The van der Waals surface area contributed by atoms with Gasteiger partial charge in [0.25, 0.3) is 0 Å². The normalized spacial score (nSPS) is 13.3. The topological polar surface area (TPSA) is 55.4 Å². The fraction of sp³-hybridized carbons (Fsp3) is 1.00. The van der Waals surface area contributed by atoms with Gasteiger partial charge in [-0.05, 0) is 58.8 Å². The molecule has 11 heteroatoms. The lowest BCUT2D eigenvalue weighted by Gasteiger charge is -2.35. The number of hydrogen-bond donors (Lipinski definition) is 0. The molecule has 200 valence electrons. The van der Waals surface area contributed by atoms with Crippen molar-refractivity contribution in [3.63, 3.8) is 0 Å². The average Bonchev–Trinajstić information content (AvgIpc) is 2.38. The van der Waals surface area contributed by atoms with Crippen molar-refractivity contribution in [3.8, 4) is 0 Å². The number of ether oxygens (including phenoxy) is 2. The van der Waals surface area contributed by atoms with Gasteiger partial charge in [-0.3, -0.25) is 0 Å². The van der Waals surface area contributed by atoms with Gasteiger partial charge in [0.15, 0.2) is 18.1 Å². The minimum absolute atomic E-state index is 0. The molecule has 0 rings (SSSR count). The quantitative estimate of drug-likeness (QED) is 0.176. The first-order valence-corrected chi connectivity index (χ1v) is 22.4. The van der Waals surface area contributed by atoms with Gasteiger partial charge in [-0.1, -0.05) is 51.5 Å². The molecule has 2 atom stereocenters. The summed E-state index contributed by atoms with van der Waals surface area (Å²) in [5, 5.41) is 0. The van der Waals surface area contributed by atoms with E-state index in [0.717, 1.165) is 13.0 Å². The summed E-state index contributed by atoms with van der Waals surface area (Å²) in [6, 6.07) is 0. The van der Waals surface area contributed by atoms with Crippen LogP contribution in [0.4, 0.5) is 0 Å². The van der Waals surface area contributed by atoms with Crippen LogP contribution in [0.1, 0.15) is 57.9 Å². The lowest BCUT2D eigenvalue weighted by molar-refractivity contribution is 0.0562. The molecular weight excluding hydrogens is 477 g/mol. The summed E-state index contributed by atoms with van der Waals surface area (Å²) < 4.78 is 36.2. The van der Waals surface area contributed by atoms with Crippen molar-refractivity contribution >= 4 is 44.5 Å². The Bertz CT molecular complexity index is 352. The zero-order chi connectivity index (χ0) is 19.5. The van der Waals surface area contributed by atoms with Crippen LogP contribution in [0.15, 0.2) is 0 Å². The fourth-order valence-electron chi connectivity index (χ4n) is 2.59. The van der Waals surface area contributed by atoms with E-state index in [1.54, 1.807) is 0 Å². The molecule has 0 aromatic carbocycles. The molecular formula is C20H64O6Si5. The van der Waals surface area contributed by atoms with Crippen LogP contribution in [-0.4, -0.2) is 70.5 Å². The number of rotatable bonds is 15. The van der Waals surface area contributed by atoms with E-state index >= 15 is 0 Å². The maximum absolute atomic E-state index is 6.37. The van der Waals surface area contributed by atoms with E-state index in [1.165, 1.54) is 0 Å². The van der Waals surface area contributed by atoms with Gasteiger partial charge in [0.1, 0.15) is 0 Å². The molecule has 0 bridgehead atoms. The van der Waals surface area contributed by atoms with Crippen LogP contribution in [-0.2, 0) is 25.9 Å². The summed E-state index contributed by atoms with van der Waals surface area (Å²) in [6.45, 7) is 21.1. The second kappa shape index (κ2) is 25.5. The summed E-state index contributed by atoms with van der Waals surface area (Å²) in [7, 11) is -8.66. The van der Waals surface area contributed by atoms with E-state index in [0.29, 0.717) is 19.4 Å². The maximum Gasteiger partial charge on any atom is 0.342 e. The molecule has 0 aromatic heterocycles. The molecule has 0 heterocycles. The molecule has 0 aliphatic carbocycles. The van der Waals surface area contributed by atoms with E-state index in [-0.39, 0.29) is 44.6 Å². The molecule has 0 aromatic rings. The van der Waals surface area contributed by atoms with E-state index < -0.39 is 44.5 Å². The lowest BCUT2D eigenvalue weighted by Crippen LogP contribution is -2.53. The van der Waals surface area contributed by atoms with E-state index in [1.807, 2.05) is 0 Å². The maximum atomic E-state index is 6.37. The third-order valence-electron chi connectivity index (χ3n) is 2.95. The molecule has 0 saturated heterocycles. The Hall–Kier alpha value is 0.844. The first kappa shape index (κ1) is 49.1. The first-order valence-electron chi connectivity index (χ1n) is 9.36. The largest absolute Gasteiger partial charge is 0.440 e. The molecule has 0 spiro atoms. The Kier molecular flexibility index (Phi) is 40.3. The molecule has 0 N–H and O–H groups in total. The van der Waals surface area contributed by atoms with Gasteiger partial charge in [-0.2, -0.15) is 0 Å². The van der Waals surface area contributed by atoms with Crippen molar-refractivity contribution in [1.82, 2.24) is 0 Å². The van der Waals surface area contributed by atoms with Gasteiger partial charge in [0.2, 0.25) is 0 Å². The minimum Gasteiger partial charge on any atom is -0.440 e. The van der Waals surface area contributed by atoms with Crippen molar-refractivity contribution in [2.45, 2.75) is 110 Å². The van der Waals surface area contributed by atoms with Crippen LogP contribution in [0.25, 0.3) is 0 Å². The van der Waals surface area contributed by atoms with Gasteiger partial charge in [0, 0.05) is 6.61 Å². The van der Waals surface area contributed by atoms with E-state index in [4.69, 9.17) is 25.9 Å². The monoisotopic (exact) mass is 540 g/mol. The summed E-state index contributed by atoms with van der Waals surface area (Å²) in [4.78, 5) is 0. The van der Waals surface area contributed by atoms with Gasteiger partial charge < -0.3 is 25.9 Å². The zero-order valence-electron chi connectivity index (χ0n) is 17.7. The highest BCUT2D eigenvalue weighted by Gasteiger charge is 2.38. The summed E-state index contributed by atoms with van der Waals surface area (Å²) in [5.41, 5.74) is 0. The van der Waals surface area contributed by atoms with Crippen molar-refractivity contribution in [2.24, 2.45) is 0 Å². The van der Waals surface area contributed by atoms with Crippen LogP contribution in [0, 0.1) is 0 Å². The second-order valence-corrected chi connectivity index (χ2v) is 21.8. The summed E-state index contributed by atoms with van der Waals surface area (Å²) in [5.74, 6) is 0. The van der Waals surface area contributed by atoms with Crippen molar-refractivity contribution in [3.05, 3.63) is 0 Å². The molecule has 31 heavy (non-hydrogen) atoms. The Morgan fingerprint density at radius 2 is 1.03 bits per heavy atom. The molecule has 0 amide bonds. The second-order valence-electron chi connectivity index (χ2n) is 7.34. The third kappa shape index (κ3) is 28.8. The van der Waals surface area contributed by atoms with Crippen molar-refractivity contribution in [2.75, 3.05) is 26.1 Å². The molecule has 2 unspecified atom stereocenters. The van der Waals surface area contributed by atoms with Gasteiger partial charge in [-0.15, -0.1) is 0 Å². The lowest BCUT2D eigenvalue weighted by atomic mass is 10.5. The summed E-state index contributed by atoms with van der Waals surface area (Å²) >= 11 is 0. The molecule has 0 aliphatic rings. The Labute approximate surface area is 206 Å². The highest BCUT2D eigenvalue weighted by atomic mass is 28.5. The highest BCUT2D eigenvalue weighted by Crippen LogP contribution is 2.16. The fourth-order valence-corrected chi connectivity index (χ4v) is 20.3. The van der Waals surface area contributed by atoms with Crippen molar-refractivity contribution < 1.29 is 25.9 Å². The SMILES string of the molecule is C.C.C.C.C.C.CCCOCCOC[Si](C)(O[SiH](C)C)O[SiH](C)O[Si](C)(C)O[SiH](C)C.